The summed E-state index contributed by atoms with van der Waals surface area (Å²) in [7, 11) is 0. The standard InChI is InChI=1S/C15H16N4/c1-3-11-5-4-6-12(9-11)19-14-13(18-15(19)16)10(2)7-8-17-14/h4-9H,3H2,1-2H3,(H2,16,18). The second-order valence-corrected chi connectivity index (χ2v) is 4.63. The third-order valence-corrected chi connectivity index (χ3v) is 3.35. The van der Waals surface area contributed by atoms with Gasteiger partial charge in [0, 0.05) is 6.20 Å². The van der Waals surface area contributed by atoms with Gasteiger partial charge in [-0.15, -0.1) is 0 Å². The van der Waals surface area contributed by atoms with E-state index in [1.165, 1.54) is 5.56 Å². The number of aromatic nitrogens is 3. The molecule has 0 aliphatic heterocycles. The fraction of sp³-hybridized carbons (Fsp3) is 0.200. The minimum absolute atomic E-state index is 0.477. The maximum Gasteiger partial charge on any atom is 0.207 e. The molecule has 2 N–H and O–H groups in total. The Balaban J connectivity index is 2.30. The minimum atomic E-state index is 0.477. The van der Waals surface area contributed by atoms with Crippen molar-refractivity contribution in [3.63, 3.8) is 0 Å². The second-order valence-electron chi connectivity index (χ2n) is 4.63. The zero-order chi connectivity index (χ0) is 13.4. The lowest BCUT2D eigenvalue weighted by molar-refractivity contribution is 1.06. The van der Waals surface area contributed by atoms with Crippen molar-refractivity contribution in [3.05, 3.63) is 47.7 Å². The normalized spacial score (nSPS) is 11.1. The predicted octanol–water partition coefficient (Wildman–Crippen LogP) is 2.87. The van der Waals surface area contributed by atoms with Gasteiger partial charge in [0.05, 0.1) is 5.69 Å². The van der Waals surface area contributed by atoms with Crippen molar-refractivity contribution in [3.8, 4) is 5.69 Å². The molecule has 3 aromatic rings. The maximum atomic E-state index is 6.06. The summed E-state index contributed by atoms with van der Waals surface area (Å²) in [5, 5.41) is 0. The smallest absolute Gasteiger partial charge is 0.207 e. The van der Waals surface area contributed by atoms with Crippen molar-refractivity contribution in [1.82, 2.24) is 14.5 Å². The SMILES string of the molecule is CCc1cccc(-n2c(N)nc3c(C)ccnc32)c1. The van der Waals surface area contributed by atoms with E-state index in [2.05, 4.69) is 29.0 Å². The highest BCUT2D eigenvalue weighted by molar-refractivity contribution is 5.79. The number of pyridine rings is 1. The number of hydrogen-bond acceptors (Lipinski definition) is 3. The number of fused-ring (bicyclic) bond motifs is 1. The fourth-order valence-corrected chi connectivity index (χ4v) is 2.28. The first-order chi connectivity index (χ1) is 9.20. The number of aryl methyl sites for hydroxylation is 2. The topological polar surface area (TPSA) is 56.7 Å². The molecule has 2 aromatic heterocycles. The average Bonchev–Trinajstić information content (AvgIpc) is 2.77. The maximum absolute atomic E-state index is 6.06. The Hall–Kier alpha value is -2.36. The Bertz CT molecular complexity index is 743. The third-order valence-electron chi connectivity index (χ3n) is 3.35. The number of nitrogens with zero attached hydrogens (tertiary/aromatic N) is 3. The van der Waals surface area contributed by atoms with Crippen LogP contribution in [0.15, 0.2) is 36.5 Å². The molecular formula is C15H16N4. The summed E-state index contributed by atoms with van der Waals surface area (Å²) in [6.45, 7) is 4.15. The lowest BCUT2D eigenvalue weighted by atomic mass is 10.1. The molecule has 0 aliphatic rings. The van der Waals surface area contributed by atoms with E-state index in [9.17, 15) is 0 Å². The van der Waals surface area contributed by atoms with Crippen molar-refractivity contribution >= 4 is 17.1 Å². The summed E-state index contributed by atoms with van der Waals surface area (Å²) in [5.41, 5.74) is 11.1. The van der Waals surface area contributed by atoms with Crippen LogP contribution in [0, 0.1) is 6.92 Å². The summed E-state index contributed by atoms with van der Waals surface area (Å²) in [5.74, 6) is 0.477. The molecule has 0 bridgehead atoms. The lowest BCUT2D eigenvalue weighted by Gasteiger charge is -2.07. The Kier molecular flexibility index (Phi) is 2.71. The van der Waals surface area contributed by atoms with Crippen LogP contribution >= 0.6 is 0 Å². The predicted molar refractivity (Wildman–Crippen MR) is 77.4 cm³/mol. The molecule has 2 heterocycles. The van der Waals surface area contributed by atoms with Gasteiger partial charge < -0.3 is 5.73 Å². The summed E-state index contributed by atoms with van der Waals surface area (Å²) in [6, 6.07) is 10.2. The summed E-state index contributed by atoms with van der Waals surface area (Å²) >= 11 is 0. The van der Waals surface area contributed by atoms with Gasteiger partial charge in [-0.05, 0) is 42.7 Å². The van der Waals surface area contributed by atoms with Crippen LogP contribution in [-0.2, 0) is 6.42 Å². The van der Waals surface area contributed by atoms with Crippen LogP contribution in [0.2, 0.25) is 0 Å². The first-order valence-corrected chi connectivity index (χ1v) is 6.39. The monoisotopic (exact) mass is 252 g/mol. The largest absolute Gasteiger partial charge is 0.369 e. The van der Waals surface area contributed by atoms with Gasteiger partial charge in [-0.2, -0.15) is 0 Å². The Morgan fingerprint density at radius 1 is 1.26 bits per heavy atom. The zero-order valence-electron chi connectivity index (χ0n) is 11.1. The molecule has 0 aliphatic carbocycles. The van der Waals surface area contributed by atoms with Gasteiger partial charge in [0.15, 0.2) is 5.65 Å². The third kappa shape index (κ3) is 1.85. The van der Waals surface area contributed by atoms with Crippen LogP contribution in [0.25, 0.3) is 16.9 Å². The summed E-state index contributed by atoms with van der Waals surface area (Å²) in [4.78, 5) is 8.84. The first-order valence-electron chi connectivity index (χ1n) is 6.39. The van der Waals surface area contributed by atoms with E-state index in [0.717, 1.165) is 28.8 Å². The number of hydrogen-bond donors (Lipinski definition) is 1. The first kappa shape index (κ1) is 11.7. The summed E-state index contributed by atoms with van der Waals surface area (Å²) in [6.07, 6.45) is 2.78. The van der Waals surface area contributed by atoms with Gasteiger partial charge in [0.2, 0.25) is 5.95 Å². The van der Waals surface area contributed by atoms with Gasteiger partial charge >= 0.3 is 0 Å². The average molecular weight is 252 g/mol. The van der Waals surface area contributed by atoms with E-state index in [1.807, 2.05) is 29.7 Å². The zero-order valence-corrected chi connectivity index (χ0v) is 11.1. The van der Waals surface area contributed by atoms with E-state index in [1.54, 1.807) is 6.20 Å². The number of benzene rings is 1. The van der Waals surface area contributed by atoms with Crippen molar-refractivity contribution in [2.24, 2.45) is 0 Å². The molecule has 3 rings (SSSR count). The quantitative estimate of drug-likeness (QED) is 0.763. The van der Waals surface area contributed by atoms with Crippen molar-refractivity contribution in [1.29, 1.82) is 0 Å². The van der Waals surface area contributed by atoms with Crippen molar-refractivity contribution in [2.45, 2.75) is 20.3 Å². The fourth-order valence-electron chi connectivity index (χ4n) is 2.28. The number of nitrogen functional groups attached to an aromatic ring is 1. The minimum Gasteiger partial charge on any atom is -0.369 e. The molecule has 0 saturated carbocycles. The highest BCUT2D eigenvalue weighted by atomic mass is 15.2. The molecule has 0 atom stereocenters. The van der Waals surface area contributed by atoms with Gasteiger partial charge in [-0.3, -0.25) is 4.57 Å². The van der Waals surface area contributed by atoms with Crippen LogP contribution in [0.3, 0.4) is 0 Å². The van der Waals surface area contributed by atoms with E-state index in [4.69, 9.17) is 5.73 Å². The number of anilines is 1. The Morgan fingerprint density at radius 3 is 2.89 bits per heavy atom. The number of nitrogens with two attached hydrogens (primary N) is 1. The van der Waals surface area contributed by atoms with Gasteiger partial charge in [-0.25, -0.2) is 9.97 Å². The molecule has 4 nitrogen and oxygen atoms in total. The van der Waals surface area contributed by atoms with Crippen LogP contribution in [0.1, 0.15) is 18.1 Å². The van der Waals surface area contributed by atoms with E-state index in [0.29, 0.717) is 5.95 Å². The molecule has 96 valence electrons. The molecule has 0 unspecified atom stereocenters. The molecule has 0 fully saturated rings. The molecule has 4 heteroatoms. The van der Waals surface area contributed by atoms with E-state index < -0.39 is 0 Å². The van der Waals surface area contributed by atoms with E-state index >= 15 is 0 Å². The number of imidazole rings is 1. The van der Waals surface area contributed by atoms with Gasteiger partial charge in [0.1, 0.15) is 5.52 Å². The van der Waals surface area contributed by atoms with Crippen LogP contribution in [-0.4, -0.2) is 14.5 Å². The van der Waals surface area contributed by atoms with Crippen LogP contribution in [0.5, 0.6) is 0 Å². The van der Waals surface area contributed by atoms with Crippen LogP contribution in [0.4, 0.5) is 5.95 Å². The molecular weight excluding hydrogens is 236 g/mol. The molecule has 19 heavy (non-hydrogen) atoms. The second kappa shape index (κ2) is 4.39. The molecule has 0 radical (unpaired) electrons. The molecule has 0 amide bonds. The lowest BCUT2D eigenvalue weighted by Crippen LogP contribution is -2.01. The van der Waals surface area contributed by atoms with Gasteiger partial charge in [0.25, 0.3) is 0 Å². The summed E-state index contributed by atoms with van der Waals surface area (Å²) < 4.78 is 1.90. The van der Waals surface area contributed by atoms with Crippen LogP contribution < -0.4 is 5.73 Å². The Morgan fingerprint density at radius 2 is 2.11 bits per heavy atom. The van der Waals surface area contributed by atoms with Crippen molar-refractivity contribution < 1.29 is 0 Å². The highest BCUT2D eigenvalue weighted by Crippen LogP contribution is 2.23. The van der Waals surface area contributed by atoms with E-state index in [-0.39, 0.29) is 0 Å². The molecule has 0 saturated heterocycles. The van der Waals surface area contributed by atoms with Gasteiger partial charge in [-0.1, -0.05) is 19.1 Å². The molecule has 0 spiro atoms. The Labute approximate surface area is 111 Å². The highest BCUT2D eigenvalue weighted by Gasteiger charge is 2.12. The number of rotatable bonds is 2. The van der Waals surface area contributed by atoms with Crippen molar-refractivity contribution in [2.75, 3.05) is 5.73 Å². The molecule has 1 aromatic carbocycles.